The van der Waals surface area contributed by atoms with Crippen molar-refractivity contribution in [2.45, 2.75) is 13.0 Å². The number of hydrogen-bond donors (Lipinski definition) is 1. The van der Waals surface area contributed by atoms with E-state index in [2.05, 4.69) is 4.85 Å². The lowest BCUT2D eigenvalue weighted by Gasteiger charge is -2.06. The number of aliphatic hydroxyl groups excluding tert-OH is 1. The molecule has 0 amide bonds. The SMILES string of the molecule is [C-]#[N+]CC(O)c1ccccc1C. The topological polar surface area (TPSA) is 24.6 Å². The minimum absolute atomic E-state index is 0.144. The second kappa shape index (κ2) is 3.89. The lowest BCUT2D eigenvalue weighted by Crippen LogP contribution is -2.01. The van der Waals surface area contributed by atoms with Gasteiger partial charge in [-0.2, -0.15) is 0 Å². The van der Waals surface area contributed by atoms with Gasteiger partial charge < -0.3 is 9.95 Å². The quantitative estimate of drug-likeness (QED) is 0.659. The molecule has 62 valence electrons. The fraction of sp³-hybridized carbons (Fsp3) is 0.300. The second-order valence-electron chi connectivity index (χ2n) is 2.71. The summed E-state index contributed by atoms with van der Waals surface area (Å²) in [6.45, 7) is 8.69. The van der Waals surface area contributed by atoms with Crippen molar-refractivity contribution in [3.8, 4) is 0 Å². The molecule has 0 aliphatic heterocycles. The van der Waals surface area contributed by atoms with Crippen LogP contribution in [0.5, 0.6) is 0 Å². The van der Waals surface area contributed by atoms with Gasteiger partial charge in [0.2, 0.25) is 6.54 Å². The lowest BCUT2D eigenvalue weighted by atomic mass is 10.0. The third kappa shape index (κ3) is 1.84. The summed E-state index contributed by atoms with van der Waals surface area (Å²) in [5, 5.41) is 9.49. The monoisotopic (exact) mass is 161 g/mol. The van der Waals surface area contributed by atoms with E-state index in [1.165, 1.54) is 0 Å². The molecule has 0 spiro atoms. The molecule has 0 aliphatic carbocycles. The molecule has 1 atom stereocenters. The van der Waals surface area contributed by atoms with Crippen LogP contribution in [0.25, 0.3) is 4.85 Å². The number of aliphatic hydroxyl groups is 1. The Morgan fingerprint density at radius 1 is 1.50 bits per heavy atom. The van der Waals surface area contributed by atoms with Crippen LogP contribution in [0.2, 0.25) is 0 Å². The highest BCUT2D eigenvalue weighted by molar-refractivity contribution is 5.28. The molecule has 1 rings (SSSR count). The summed E-state index contributed by atoms with van der Waals surface area (Å²) < 4.78 is 0. The molecular formula is C10H11NO. The zero-order valence-electron chi connectivity index (χ0n) is 6.99. The van der Waals surface area contributed by atoms with Gasteiger partial charge in [0.25, 0.3) is 0 Å². The average Bonchev–Trinajstić information content (AvgIpc) is 2.05. The minimum Gasteiger partial charge on any atom is -0.381 e. The molecule has 1 aromatic rings. The van der Waals surface area contributed by atoms with E-state index in [1.807, 2.05) is 31.2 Å². The highest BCUT2D eigenvalue weighted by atomic mass is 16.3. The van der Waals surface area contributed by atoms with Gasteiger partial charge in [0.1, 0.15) is 0 Å². The Morgan fingerprint density at radius 2 is 2.17 bits per heavy atom. The van der Waals surface area contributed by atoms with E-state index in [4.69, 9.17) is 6.57 Å². The third-order valence-corrected chi connectivity index (χ3v) is 1.81. The summed E-state index contributed by atoms with van der Waals surface area (Å²) in [5.74, 6) is 0. The van der Waals surface area contributed by atoms with Crippen molar-refractivity contribution in [2.24, 2.45) is 0 Å². The Balaban J connectivity index is 2.88. The van der Waals surface area contributed by atoms with Gasteiger partial charge in [-0.1, -0.05) is 24.3 Å². The van der Waals surface area contributed by atoms with E-state index in [0.29, 0.717) is 0 Å². The first-order chi connectivity index (χ1) is 5.75. The van der Waals surface area contributed by atoms with Crippen molar-refractivity contribution in [1.82, 2.24) is 0 Å². The minimum atomic E-state index is -0.635. The predicted molar refractivity (Wildman–Crippen MR) is 47.6 cm³/mol. The first kappa shape index (κ1) is 8.76. The van der Waals surface area contributed by atoms with E-state index in [-0.39, 0.29) is 6.54 Å². The Bertz CT molecular complexity index is 301. The smallest absolute Gasteiger partial charge is 0.244 e. The normalized spacial score (nSPS) is 12.1. The standard InChI is InChI=1S/C10H11NO/c1-8-5-3-4-6-9(8)10(12)7-11-2/h3-6,10,12H,7H2,1H3. The summed E-state index contributed by atoms with van der Waals surface area (Å²) in [6.07, 6.45) is -0.635. The van der Waals surface area contributed by atoms with Crippen LogP contribution in [0, 0.1) is 13.5 Å². The molecule has 0 saturated heterocycles. The highest BCUT2D eigenvalue weighted by Crippen LogP contribution is 2.16. The van der Waals surface area contributed by atoms with Crippen LogP contribution in [0.4, 0.5) is 0 Å². The van der Waals surface area contributed by atoms with Gasteiger partial charge in [-0.15, -0.1) is 0 Å². The summed E-state index contributed by atoms with van der Waals surface area (Å²) >= 11 is 0. The van der Waals surface area contributed by atoms with Crippen LogP contribution >= 0.6 is 0 Å². The van der Waals surface area contributed by atoms with Crippen molar-refractivity contribution in [1.29, 1.82) is 0 Å². The van der Waals surface area contributed by atoms with Gasteiger partial charge in [0, 0.05) is 0 Å². The molecule has 1 N–H and O–H groups in total. The van der Waals surface area contributed by atoms with Crippen LogP contribution in [-0.4, -0.2) is 11.7 Å². The summed E-state index contributed by atoms with van der Waals surface area (Å²) in [5.41, 5.74) is 1.89. The van der Waals surface area contributed by atoms with Gasteiger partial charge >= 0.3 is 0 Å². The molecule has 12 heavy (non-hydrogen) atoms. The van der Waals surface area contributed by atoms with Crippen LogP contribution in [0.1, 0.15) is 17.2 Å². The highest BCUT2D eigenvalue weighted by Gasteiger charge is 2.11. The first-order valence-corrected chi connectivity index (χ1v) is 3.82. The molecule has 1 unspecified atom stereocenters. The Labute approximate surface area is 72.3 Å². The lowest BCUT2D eigenvalue weighted by molar-refractivity contribution is 0.194. The molecule has 2 nitrogen and oxygen atoms in total. The van der Waals surface area contributed by atoms with E-state index in [0.717, 1.165) is 11.1 Å². The van der Waals surface area contributed by atoms with Gasteiger partial charge in [-0.05, 0) is 18.1 Å². The number of hydrogen-bond acceptors (Lipinski definition) is 1. The predicted octanol–water partition coefficient (Wildman–Crippen LogP) is 1.95. The van der Waals surface area contributed by atoms with Crippen molar-refractivity contribution in [2.75, 3.05) is 6.54 Å². The number of aryl methyl sites for hydroxylation is 1. The summed E-state index contributed by atoms with van der Waals surface area (Å²) in [6, 6.07) is 7.58. The fourth-order valence-corrected chi connectivity index (χ4v) is 1.15. The molecule has 0 bridgehead atoms. The molecule has 2 heteroatoms. The van der Waals surface area contributed by atoms with Gasteiger partial charge in [0.05, 0.1) is 0 Å². The Morgan fingerprint density at radius 3 is 2.75 bits per heavy atom. The molecular weight excluding hydrogens is 150 g/mol. The van der Waals surface area contributed by atoms with Crippen LogP contribution in [0.15, 0.2) is 24.3 Å². The molecule has 1 aromatic carbocycles. The Hall–Kier alpha value is -1.33. The molecule has 0 heterocycles. The van der Waals surface area contributed by atoms with Crippen molar-refractivity contribution < 1.29 is 5.11 Å². The molecule has 0 aliphatic rings. The Kier molecular flexibility index (Phi) is 2.84. The summed E-state index contributed by atoms with van der Waals surface area (Å²) in [4.78, 5) is 3.15. The van der Waals surface area contributed by atoms with Crippen LogP contribution in [-0.2, 0) is 0 Å². The third-order valence-electron chi connectivity index (χ3n) is 1.81. The molecule has 0 radical (unpaired) electrons. The maximum atomic E-state index is 9.49. The van der Waals surface area contributed by atoms with Gasteiger partial charge in [0.15, 0.2) is 6.10 Å². The van der Waals surface area contributed by atoms with E-state index >= 15 is 0 Å². The van der Waals surface area contributed by atoms with Gasteiger partial charge in [-0.3, -0.25) is 0 Å². The molecule has 0 aromatic heterocycles. The van der Waals surface area contributed by atoms with Gasteiger partial charge in [-0.25, -0.2) is 6.57 Å². The average molecular weight is 161 g/mol. The largest absolute Gasteiger partial charge is 0.381 e. The maximum Gasteiger partial charge on any atom is 0.244 e. The zero-order chi connectivity index (χ0) is 8.97. The molecule has 0 saturated carbocycles. The van der Waals surface area contributed by atoms with Crippen LogP contribution in [0.3, 0.4) is 0 Å². The number of benzene rings is 1. The fourth-order valence-electron chi connectivity index (χ4n) is 1.15. The van der Waals surface area contributed by atoms with Crippen LogP contribution < -0.4 is 0 Å². The first-order valence-electron chi connectivity index (χ1n) is 3.82. The number of rotatable bonds is 2. The van der Waals surface area contributed by atoms with Crippen molar-refractivity contribution in [3.05, 3.63) is 46.8 Å². The van der Waals surface area contributed by atoms with E-state index < -0.39 is 6.10 Å². The van der Waals surface area contributed by atoms with Crippen molar-refractivity contribution >= 4 is 0 Å². The van der Waals surface area contributed by atoms with E-state index in [9.17, 15) is 5.11 Å². The second-order valence-corrected chi connectivity index (χ2v) is 2.71. The van der Waals surface area contributed by atoms with Crippen molar-refractivity contribution in [3.63, 3.8) is 0 Å². The zero-order valence-corrected chi connectivity index (χ0v) is 6.99. The number of nitrogens with zero attached hydrogens (tertiary/aromatic N) is 1. The maximum absolute atomic E-state index is 9.49. The summed E-state index contributed by atoms with van der Waals surface area (Å²) in [7, 11) is 0. The van der Waals surface area contributed by atoms with E-state index in [1.54, 1.807) is 0 Å². The molecule has 0 fully saturated rings.